The average molecular weight is 426 g/mol. The molecule has 1 saturated carbocycles. The lowest BCUT2D eigenvalue weighted by molar-refractivity contribution is -0.117. The van der Waals surface area contributed by atoms with Gasteiger partial charge in [-0.1, -0.05) is 13.3 Å². The normalized spacial score (nSPS) is 23.1. The topological polar surface area (TPSA) is 98.6 Å². The van der Waals surface area contributed by atoms with Gasteiger partial charge in [-0.3, -0.25) is 9.78 Å². The van der Waals surface area contributed by atoms with Crippen molar-refractivity contribution in [2.45, 2.75) is 51.6 Å². The Kier molecular flexibility index (Phi) is 5.77. The van der Waals surface area contributed by atoms with Gasteiger partial charge in [-0.2, -0.15) is 0 Å². The van der Waals surface area contributed by atoms with E-state index in [1.165, 1.54) is 0 Å². The summed E-state index contributed by atoms with van der Waals surface area (Å²) in [5, 5.41) is 23.8. The van der Waals surface area contributed by atoms with E-state index in [1.54, 1.807) is 30.4 Å². The lowest BCUT2D eigenvalue weighted by atomic mass is 9.94. The molecule has 0 spiro atoms. The number of hydrogen-bond donors (Lipinski definition) is 3. The third kappa shape index (κ3) is 4.18. The van der Waals surface area contributed by atoms with Gasteiger partial charge in [0.2, 0.25) is 5.91 Å². The van der Waals surface area contributed by atoms with Crippen LogP contribution in [0.2, 0.25) is 0 Å². The summed E-state index contributed by atoms with van der Waals surface area (Å²) < 4.78 is 13.1. The van der Waals surface area contributed by atoms with E-state index in [9.17, 15) is 19.4 Å². The van der Waals surface area contributed by atoms with E-state index in [0.29, 0.717) is 29.2 Å². The molecule has 2 aliphatic rings. The van der Waals surface area contributed by atoms with E-state index >= 15 is 0 Å². The molecule has 3 N–H and O–H groups in total. The Hall–Kier alpha value is -2.84. The monoisotopic (exact) mass is 426 g/mol. The lowest BCUT2D eigenvalue weighted by Gasteiger charge is -2.33. The average Bonchev–Trinajstić information content (AvgIpc) is 3.48. The molecule has 1 aliphatic carbocycles. The number of aryl methyl sites for hydroxylation is 1. The molecular formula is C23H27FN4O3. The standard InChI is InChI=1S/C23H27FN4O3/c1-4-5-20(29)18-6-12(2)16(11-25-18)14-7-13-10-26-21(9-19(13)28(3)23(14)31)27-22(30)15-8-17(15)24/h6-7,9-11,15,17,20,23,29,31H,4-5,8H2,1-3H3,(H,26,27,30)/t15-,17+,20-,23?/m0/s1. The molecule has 0 aromatic carbocycles. The number of aromatic nitrogens is 2. The highest BCUT2D eigenvalue weighted by atomic mass is 19.1. The van der Waals surface area contributed by atoms with E-state index in [2.05, 4.69) is 15.3 Å². The molecule has 8 heteroatoms. The van der Waals surface area contributed by atoms with Crippen LogP contribution in [0.25, 0.3) is 11.6 Å². The molecule has 3 heterocycles. The van der Waals surface area contributed by atoms with Crippen LogP contribution in [-0.2, 0) is 4.79 Å². The summed E-state index contributed by atoms with van der Waals surface area (Å²) in [6, 6.07) is 3.53. The summed E-state index contributed by atoms with van der Waals surface area (Å²) in [6.45, 7) is 3.94. The first-order chi connectivity index (χ1) is 14.8. The summed E-state index contributed by atoms with van der Waals surface area (Å²) in [7, 11) is 1.75. The molecule has 2 aromatic rings. The van der Waals surface area contributed by atoms with Crippen molar-refractivity contribution in [2.75, 3.05) is 17.3 Å². The molecule has 2 aromatic heterocycles. The third-order valence-electron chi connectivity index (χ3n) is 5.90. The second kappa shape index (κ2) is 8.36. The number of carbonyl (C=O) groups is 1. The molecule has 164 valence electrons. The minimum atomic E-state index is -1.07. The second-order valence-electron chi connectivity index (χ2n) is 8.29. The van der Waals surface area contributed by atoms with E-state index in [1.807, 2.05) is 26.0 Å². The third-order valence-corrected chi connectivity index (χ3v) is 5.90. The van der Waals surface area contributed by atoms with Gasteiger partial charge < -0.3 is 20.4 Å². The van der Waals surface area contributed by atoms with Gasteiger partial charge in [0, 0.05) is 42.2 Å². The smallest absolute Gasteiger partial charge is 0.231 e. The summed E-state index contributed by atoms with van der Waals surface area (Å²) >= 11 is 0. The number of aliphatic hydroxyl groups excluding tert-OH is 2. The number of nitrogens with zero attached hydrogens (tertiary/aromatic N) is 3. The number of anilines is 2. The number of amides is 1. The summed E-state index contributed by atoms with van der Waals surface area (Å²) in [5.74, 6) is -0.643. The van der Waals surface area contributed by atoms with E-state index in [-0.39, 0.29) is 12.3 Å². The Morgan fingerprint density at radius 1 is 1.35 bits per heavy atom. The fraction of sp³-hybridized carbons (Fsp3) is 0.435. The number of hydrogen-bond acceptors (Lipinski definition) is 6. The molecule has 0 saturated heterocycles. The Balaban J connectivity index is 1.62. The van der Waals surface area contributed by atoms with Crippen LogP contribution in [0.4, 0.5) is 15.9 Å². The van der Waals surface area contributed by atoms with E-state index in [0.717, 1.165) is 23.1 Å². The first-order valence-electron chi connectivity index (χ1n) is 10.5. The van der Waals surface area contributed by atoms with Crippen LogP contribution in [0.15, 0.2) is 24.5 Å². The van der Waals surface area contributed by atoms with Crippen molar-refractivity contribution in [2.24, 2.45) is 5.92 Å². The maximum absolute atomic E-state index is 13.1. The molecule has 1 aliphatic heterocycles. The molecule has 4 atom stereocenters. The van der Waals surface area contributed by atoms with Crippen LogP contribution >= 0.6 is 0 Å². The van der Waals surface area contributed by atoms with Crippen LogP contribution in [0.3, 0.4) is 0 Å². The van der Waals surface area contributed by atoms with Gasteiger partial charge in [0.25, 0.3) is 0 Å². The predicted octanol–water partition coefficient (Wildman–Crippen LogP) is 3.22. The van der Waals surface area contributed by atoms with Crippen molar-refractivity contribution in [1.29, 1.82) is 0 Å². The van der Waals surface area contributed by atoms with Crippen molar-refractivity contribution in [3.8, 4) is 0 Å². The molecule has 1 amide bonds. The Morgan fingerprint density at radius 3 is 2.74 bits per heavy atom. The zero-order valence-corrected chi connectivity index (χ0v) is 17.8. The van der Waals surface area contributed by atoms with Crippen molar-refractivity contribution in [3.63, 3.8) is 0 Å². The largest absolute Gasteiger partial charge is 0.387 e. The quantitative estimate of drug-likeness (QED) is 0.656. The molecule has 31 heavy (non-hydrogen) atoms. The number of carbonyl (C=O) groups excluding carboxylic acids is 1. The first-order valence-corrected chi connectivity index (χ1v) is 10.5. The molecule has 1 fully saturated rings. The Bertz CT molecular complexity index is 1040. The summed E-state index contributed by atoms with van der Waals surface area (Å²) in [6.07, 6.45) is 4.31. The number of fused-ring (bicyclic) bond motifs is 1. The SMILES string of the molecule is CCC[C@H](O)c1cc(C)c(C2=Cc3cnc(NC(=O)[C@H]4C[C@H]4F)cc3N(C)C2O)cn1. The van der Waals surface area contributed by atoms with Gasteiger partial charge in [-0.05, 0) is 37.5 Å². The highest BCUT2D eigenvalue weighted by Gasteiger charge is 2.43. The lowest BCUT2D eigenvalue weighted by Crippen LogP contribution is -2.35. The highest BCUT2D eigenvalue weighted by Crippen LogP contribution is 2.38. The zero-order chi connectivity index (χ0) is 22.3. The molecular weight excluding hydrogens is 399 g/mol. The molecule has 4 rings (SSSR count). The molecule has 0 bridgehead atoms. The van der Waals surface area contributed by atoms with Crippen LogP contribution in [0.5, 0.6) is 0 Å². The van der Waals surface area contributed by atoms with Crippen LogP contribution < -0.4 is 10.2 Å². The molecule has 1 unspecified atom stereocenters. The summed E-state index contributed by atoms with van der Waals surface area (Å²) in [5.41, 5.74) is 4.48. The van der Waals surface area contributed by atoms with Crippen LogP contribution in [0.1, 0.15) is 54.7 Å². The molecule has 7 nitrogen and oxygen atoms in total. The minimum absolute atomic E-state index is 0.253. The van der Waals surface area contributed by atoms with Crippen molar-refractivity contribution in [3.05, 3.63) is 46.9 Å². The second-order valence-corrected chi connectivity index (χ2v) is 8.29. The van der Waals surface area contributed by atoms with Gasteiger partial charge in [-0.25, -0.2) is 9.37 Å². The number of likely N-dealkylation sites (N-methyl/N-ethyl adjacent to an activating group) is 1. The maximum Gasteiger partial charge on any atom is 0.231 e. The summed E-state index contributed by atoms with van der Waals surface area (Å²) in [4.78, 5) is 22.4. The fourth-order valence-corrected chi connectivity index (χ4v) is 3.88. The van der Waals surface area contributed by atoms with E-state index < -0.39 is 24.4 Å². The van der Waals surface area contributed by atoms with Gasteiger partial charge in [-0.15, -0.1) is 0 Å². The predicted molar refractivity (Wildman–Crippen MR) is 117 cm³/mol. The number of aliphatic hydroxyl groups is 2. The van der Waals surface area contributed by atoms with Crippen molar-refractivity contribution >= 4 is 29.1 Å². The number of halogens is 1. The number of rotatable bonds is 6. The van der Waals surface area contributed by atoms with Gasteiger partial charge in [0.05, 0.1) is 23.4 Å². The fourth-order valence-electron chi connectivity index (χ4n) is 3.88. The highest BCUT2D eigenvalue weighted by molar-refractivity contribution is 5.96. The van der Waals surface area contributed by atoms with Gasteiger partial charge in [0.1, 0.15) is 12.0 Å². The Morgan fingerprint density at radius 2 is 2.10 bits per heavy atom. The van der Waals surface area contributed by atoms with Crippen LogP contribution in [0, 0.1) is 12.8 Å². The van der Waals surface area contributed by atoms with Gasteiger partial charge in [0.15, 0.2) is 6.23 Å². The Labute approximate surface area is 180 Å². The number of nitrogens with one attached hydrogen (secondary N) is 1. The number of pyridine rings is 2. The van der Waals surface area contributed by atoms with E-state index in [4.69, 9.17) is 0 Å². The minimum Gasteiger partial charge on any atom is -0.387 e. The first kappa shape index (κ1) is 21.4. The van der Waals surface area contributed by atoms with Crippen molar-refractivity contribution in [1.82, 2.24) is 9.97 Å². The zero-order valence-electron chi connectivity index (χ0n) is 17.8. The maximum atomic E-state index is 13.1. The van der Waals surface area contributed by atoms with Crippen molar-refractivity contribution < 1.29 is 19.4 Å². The number of alkyl halides is 1. The van der Waals surface area contributed by atoms with Gasteiger partial charge >= 0.3 is 0 Å². The van der Waals surface area contributed by atoms with Crippen LogP contribution in [-0.4, -0.2) is 45.5 Å². The molecule has 0 radical (unpaired) electrons.